The molecule has 0 atom stereocenters. The average Bonchev–Trinajstić information content (AvgIpc) is 2.59. The molecule has 1 aromatic heterocycles. The van der Waals surface area contributed by atoms with Gasteiger partial charge < -0.3 is 10.6 Å². The standard InChI is InChI=1S/C17H15FN4O2/c18-13-7-3-1-5-11(13)15(23)19-9-10-20-17-21-14-8-4-2-6-12(14)16(24)22-17/h1-8H,9-10H2,(H,19,23)(H2,20,21,22,24). The van der Waals surface area contributed by atoms with E-state index in [2.05, 4.69) is 20.6 Å². The number of nitrogens with zero attached hydrogens (tertiary/aromatic N) is 1. The number of fused-ring (bicyclic) bond motifs is 1. The van der Waals surface area contributed by atoms with E-state index >= 15 is 0 Å². The van der Waals surface area contributed by atoms with Gasteiger partial charge in [-0.25, -0.2) is 9.37 Å². The smallest absolute Gasteiger partial charge is 0.260 e. The van der Waals surface area contributed by atoms with E-state index in [1.54, 1.807) is 30.3 Å². The summed E-state index contributed by atoms with van der Waals surface area (Å²) in [5.41, 5.74) is 0.340. The van der Waals surface area contributed by atoms with Crippen LogP contribution in [0, 0.1) is 5.82 Å². The fraction of sp³-hybridized carbons (Fsp3) is 0.118. The predicted octanol–water partition coefficient (Wildman–Crippen LogP) is 1.90. The highest BCUT2D eigenvalue weighted by molar-refractivity contribution is 5.94. The maximum Gasteiger partial charge on any atom is 0.260 e. The van der Waals surface area contributed by atoms with E-state index in [0.29, 0.717) is 23.4 Å². The van der Waals surface area contributed by atoms with Gasteiger partial charge in [-0.15, -0.1) is 0 Å². The summed E-state index contributed by atoms with van der Waals surface area (Å²) in [6, 6.07) is 12.8. The van der Waals surface area contributed by atoms with Gasteiger partial charge in [0.05, 0.1) is 16.5 Å². The SMILES string of the molecule is O=C(NCCNc1nc2ccccc2c(=O)[nH]1)c1ccccc1F. The molecule has 0 aliphatic rings. The number of halogens is 1. The molecule has 0 fully saturated rings. The van der Waals surface area contributed by atoms with Gasteiger partial charge in [0.15, 0.2) is 0 Å². The van der Waals surface area contributed by atoms with Crippen molar-refractivity contribution in [2.75, 3.05) is 18.4 Å². The van der Waals surface area contributed by atoms with Crippen LogP contribution in [0.4, 0.5) is 10.3 Å². The Bertz CT molecular complexity index is 939. The zero-order valence-electron chi connectivity index (χ0n) is 12.7. The molecule has 3 rings (SSSR count). The van der Waals surface area contributed by atoms with Crippen LogP contribution in [0.2, 0.25) is 0 Å². The number of benzene rings is 2. The van der Waals surface area contributed by atoms with Gasteiger partial charge in [-0.2, -0.15) is 0 Å². The van der Waals surface area contributed by atoms with Gasteiger partial charge in [0, 0.05) is 13.1 Å². The van der Waals surface area contributed by atoms with Crippen molar-refractivity contribution < 1.29 is 9.18 Å². The van der Waals surface area contributed by atoms with Gasteiger partial charge in [-0.05, 0) is 24.3 Å². The zero-order chi connectivity index (χ0) is 16.9. The number of amides is 1. The zero-order valence-corrected chi connectivity index (χ0v) is 12.7. The Hall–Kier alpha value is -3.22. The lowest BCUT2D eigenvalue weighted by atomic mass is 10.2. The molecular formula is C17H15FN4O2. The second-order valence-corrected chi connectivity index (χ2v) is 5.09. The largest absolute Gasteiger partial charge is 0.354 e. The molecule has 0 bridgehead atoms. The molecule has 0 radical (unpaired) electrons. The summed E-state index contributed by atoms with van der Waals surface area (Å²) in [6.07, 6.45) is 0. The lowest BCUT2D eigenvalue weighted by Crippen LogP contribution is -2.30. The monoisotopic (exact) mass is 326 g/mol. The predicted molar refractivity (Wildman–Crippen MR) is 89.6 cm³/mol. The third-order valence-corrected chi connectivity index (χ3v) is 3.43. The summed E-state index contributed by atoms with van der Waals surface area (Å²) in [6.45, 7) is 0.588. The first-order valence-electron chi connectivity index (χ1n) is 7.41. The van der Waals surface area contributed by atoms with Crippen LogP contribution in [-0.4, -0.2) is 29.0 Å². The lowest BCUT2D eigenvalue weighted by molar-refractivity contribution is 0.0951. The Morgan fingerprint density at radius 1 is 1.08 bits per heavy atom. The highest BCUT2D eigenvalue weighted by Gasteiger charge is 2.09. The molecule has 122 valence electrons. The minimum absolute atomic E-state index is 0.00487. The lowest BCUT2D eigenvalue weighted by Gasteiger charge is -2.08. The first-order valence-corrected chi connectivity index (χ1v) is 7.41. The minimum Gasteiger partial charge on any atom is -0.354 e. The molecule has 6 nitrogen and oxygen atoms in total. The third kappa shape index (κ3) is 3.40. The molecule has 1 heterocycles. The van der Waals surface area contributed by atoms with Gasteiger partial charge in [0.25, 0.3) is 11.5 Å². The van der Waals surface area contributed by atoms with E-state index in [9.17, 15) is 14.0 Å². The van der Waals surface area contributed by atoms with Crippen LogP contribution in [0.1, 0.15) is 10.4 Å². The van der Waals surface area contributed by atoms with E-state index in [4.69, 9.17) is 0 Å². The van der Waals surface area contributed by atoms with Crippen molar-refractivity contribution in [3.8, 4) is 0 Å². The quantitative estimate of drug-likeness (QED) is 0.625. The Morgan fingerprint density at radius 2 is 1.83 bits per heavy atom. The maximum absolute atomic E-state index is 13.5. The van der Waals surface area contributed by atoms with E-state index in [1.807, 2.05) is 0 Å². The summed E-state index contributed by atoms with van der Waals surface area (Å²) in [4.78, 5) is 30.7. The van der Waals surface area contributed by atoms with Crippen molar-refractivity contribution in [1.82, 2.24) is 15.3 Å². The normalized spacial score (nSPS) is 10.5. The Balaban J connectivity index is 1.58. The van der Waals surface area contributed by atoms with E-state index < -0.39 is 11.7 Å². The maximum atomic E-state index is 13.5. The first kappa shape index (κ1) is 15.7. The summed E-state index contributed by atoms with van der Waals surface area (Å²) < 4.78 is 13.5. The van der Waals surface area contributed by atoms with Crippen LogP contribution in [0.15, 0.2) is 53.3 Å². The molecule has 0 spiro atoms. The third-order valence-electron chi connectivity index (χ3n) is 3.43. The molecule has 0 saturated heterocycles. The van der Waals surface area contributed by atoms with Crippen LogP contribution < -0.4 is 16.2 Å². The van der Waals surface area contributed by atoms with Crippen LogP contribution in [0.3, 0.4) is 0 Å². The second-order valence-electron chi connectivity index (χ2n) is 5.09. The highest BCUT2D eigenvalue weighted by atomic mass is 19.1. The number of hydrogen-bond donors (Lipinski definition) is 3. The van der Waals surface area contributed by atoms with E-state index in [-0.39, 0.29) is 17.7 Å². The fourth-order valence-electron chi connectivity index (χ4n) is 2.27. The van der Waals surface area contributed by atoms with E-state index in [1.165, 1.54) is 18.2 Å². The Labute approximate surface area is 136 Å². The van der Waals surface area contributed by atoms with Gasteiger partial charge in [0.1, 0.15) is 5.82 Å². The number of carbonyl (C=O) groups is 1. The first-order chi connectivity index (χ1) is 11.6. The molecule has 1 amide bonds. The average molecular weight is 326 g/mol. The molecule has 3 aromatic rings. The fourth-order valence-corrected chi connectivity index (χ4v) is 2.27. The van der Waals surface area contributed by atoms with Crippen molar-refractivity contribution in [3.05, 3.63) is 70.3 Å². The van der Waals surface area contributed by atoms with Crippen LogP contribution in [-0.2, 0) is 0 Å². The topological polar surface area (TPSA) is 86.9 Å². The minimum atomic E-state index is -0.566. The van der Waals surface area contributed by atoms with Gasteiger partial charge >= 0.3 is 0 Å². The summed E-state index contributed by atoms with van der Waals surface area (Å²) in [5, 5.41) is 6.03. The molecule has 0 saturated carbocycles. The van der Waals surface area contributed by atoms with Gasteiger partial charge in [0.2, 0.25) is 5.95 Å². The number of nitrogens with one attached hydrogen (secondary N) is 3. The number of aromatic amines is 1. The summed E-state index contributed by atoms with van der Waals surface area (Å²) in [5.74, 6) is -0.739. The van der Waals surface area contributed by atoms with Gasteiger partial charge in [-0.1, -0.05) is 24.3 Å². The van der Waals surface area contributed by atoms with Crippen LogP contribution in [0.5, 0.6) is 0 Å². The van der Waals surface area contributed by atoms with Crippen molar-refractivity contribution in [1.29, 1.82) is 0 Å². The van der Waals surface area contributed by atoms with Crippen molar-refractivity contribution in [3.63, 3.8) is 0 Å². The number of H-pyrrole nitrogens is 1. The van der Waals surface area contributed by atoms with Crippen molar-refractivity contribution in [2.45, 2.75) is 0 Å². The Morgan fingerprint density at radius 3 is 2.67 bits per heavy atom. The summed E-state index contributed by atoms with van der Waals surface area (Å²) in [7, 11) is 0. The molecular weight excluding hydrogens is 311 g/mol. The number of carbonyl (C=O) groups excluding carboxylic acids is 1. The number of aromatic nitrogens is 2. The number of rotatable bonds is 5. The Kier molecular flexibility index (Phi) is 4.51. The van der Waals surface area contributed by atoms with Crippen LogP contribution in [0.25, 0.3) is 10.9 Å². The molecule has 0 aliphatic carbocycles. The number of para-hydroxylation sites is 1. The molecule has 3 N–H and O–H groups in total. The number of hydrogen-bond acceptors (Lipinski definition) is 4. The molecule has 7 heteroatoms. The van der Waals surface area contributed by atoms with Crippen molar-refractivity contribution in [2.24, 2.45) is 0 Å². The van der Waals surface area contributed by atoms with Crippen molar-refractivity contribution >= 4 is 22.8 Å². The molecule has 0 unspecified atom stereocenters. The highest BCUT2D eigenvalue weighted by Crippen LogP contribution is 2.08. The summed E-state index contributed by atoms with van der Waals surface area (Å²) >= 11 is 0. The van der Waals surface area contributed by atoms with Crippen LogP contribution >= 0.6 is 0 Å². The molecule has 0 aliphatic heterocycles. The second kappa shape index (κ2) is 6.91. The molecule has 2 aromatic carbocycles. The van der Waals surface area contributed by atoms with Gasteiger partial charge in [-0.3, -0.25) is 14.6 Å². The number of anilines is 1. The van der Waals surface area contributed by atoms with E-state index in [0.717, 1.165) is 0 Å². The molecule has 24 heavy (non-hydrogen) atoms.